The Morgan fingerprint density at radius 2 is 1.60 bits per heavy atom. The highest BCUT2D eigenvalue weighted by atomic mass is 16.2. The minimum atomic E-state index is -0.124. The molecule has 15 heavy (non-hydrogen) atoms. The molecule has 2 aliphatic carbocycles. The zero-order valence-electron chi connectivity index (χ0n) is 10.6. The van der Waals surface area contributed by atoms with Gasteiger partial charge >= 0.3 is 0 Å². The zero-order valence-corrected chi connectivity index (χ0v) is 10.6. The standard InChI is InChI=1S/C13H21NO/c1-7-8(2)12(5)13(6)10(7,3)11(13,4)9(15)14-12/h7-8H,1-6H3,(H,14,15)/t7-,8+,10-,11-,12+,13-/m0/s1. The SMILES string of the molecule is C[C@@H]1[C@H](C)[C@@]2(C)[C@]3(C)C(=O)N[C@@]1(C)[C@]32C. The Morgan fingerprint density at radius 3 is 2.00 bits per heavy atom. The largest absolute Gasteiger partial charge is 0.350 e. The van der Waals surface area contributed by atoms with E-state index in [-0.39, 0.29) is 27.7 Å². The third kappa shape index (κ3) is 0.485. The highest BCUT2D eigenvalue weighted by Gasteiger charge is 2.97. The molecule has 0 bridgehead atoms. The van der Waals surface area contributed by atoms with Crippen LogP contribution in [0.15, 0.2) is 0 Å². The number of carbonyl (C=O) groups is 1. The third-order valence-corrected chi connectivity index (χ3v) is 7.45. The summed E-state index contributed by atoms with van der Waals surface area (Å²) in [6.07, 6.45) is 0. The highest BCUT2D eigenvalue weighted by molar-refractivity contribution is 5.95. The minimum Gasteiger partial charge on any atom is -0.350 e. The molecular weight excluding hydrogens is 186 g/mol. The van der Waals surface area contributed by atoms with Gasteiger partial charge in [0.25, 0.3) is 0 Å². The van der Waals surface area contributed by atoms with Crippen molar-refractivity contribution >= 4 is 5.91 Å². The number of nitrogens with one attached hydrogen (secondary N) is 1. The third-order valence-electron chi connectivity index (χ3n) is 7.45. The van der Waals surface area contributed by atoms with E-state index in [0.717, 1.165) is 0 Å². The number of fused-ring (bicyclic) bond motifs is 1. The van der Waals surface area contributed by atoms with Crippen molar-refractivity contribution in [2.24, 2.45) is 28.1 Å². The molecule has 1 saturated heterocycles. The van der Waals surface area contributed by atoms with Crippen LogP contribution in [0.25, 0.3) is 0 Å². The Balaban J connectivity index is 2.29. The topological polar surface area (TPSA) is 29.1 Å². The second kappa shape index (κ2) is 1.87. The predicted octanol–water partition coefficient (Wildman–Crippen LogP) is 2.19. The van der Waals surface area contributed by atoms with Crippen LogP contribution in [0.4, 0.5) is 0 Å². The van der Waals surface area contributed by atoms with Crippen molar-refractivity contribution in [1.29, 1.82) is 0 Å². The van der Waals surface area contributed by atoms with Crippen molar-refractivity contribution in [1.82, 2.24) is 5.32 Å². The van der Waals surface area contributed by atoms with E-state index < -0.39 is 0 Å². The van der Waals surface area contributed by atoms with E-state index in [9.17, 15) is 4.79 Å². The van der Waals surface area contributed by atoms with Gasteiger partial charge < -0.3 is 5.32 Å². The van der Waals surface area contributed by atoms with Gasteiger partial charge in [-0.15, -0.1) is 0 Å². The average Bonchev–Trinajstić information content (AvgIpc) is 2.48. The minimum absolute atomic E-state index is 0.00694. The second-order valence-electron chi connectivity index (χ2n) is 6.69. The molecule has 0 aromatic carbocycles. The first kappa shape index (κ1) is 9.68. The van der Waals surface area contributed by atoms with Gasteiger partial charge in [-0.25, -0.2) is 0 Å². The molecule has 6 atom stereocenters. The van der Waals surface area contributed by atoms with Crippen LogP contribution in [-0.4, -0.2) is 11.4 Å². The lowest BCUT2D eigenvalue weighted by Crippen LogP contribution is -2.49. The normalized spacial score (nSPS) is 70.4. The monoisotopic (exact) mass is 207 g/mol. The molecule has 84 valence electrons. The summed E-state index contributed by atoms with van der Waals surface area (Å²) in [7, 11) is 0. The molecule has 0 unspecified atom stereocenters. The summed E-state index contributed by atoms with van der Waals surface area (Å²) >= 11 is 0. The van der Waals surface area contributed by atoms with Crippen LogP contribution >= 0.6 is 0 Å². The molecule has 3 aliphatic rings. The van der Waals surface area contributed by atoms with Crippen LogP contribution in [-0.2, 0) is 4.79 Å². The van der Waals surface area contributed by atoms with Crippen LogP contribution in [0.3, 0.4) is 0 Å². The lowest BCUT2D eigenvalue weighted by Gasteiger charge is -2.35. The maximum atomic E-state index is 12.2. The van der Waals surface area contributed by atoms with Gasteiger partial charge in [-0.3, -0.25) is 4.79 Å². The van der Waals surface area contributed by atoms with Crippen LogP contribution < -0.4 is 5.32 Å². The Hall–Kier alpha value is -0.530. The van der Waals surface area contributed by atoms with Crippen LogP contribution in [0.1, 0.15) is 41.5 Å². The van der Waals surface area contributed by atoms with E-state index in [0.29, 0.717) is 11.8 Å². The second-order valence-corrected chi connectivity index (χ2v) is 6.69. The Labute approximate surface area is 91.8 Å². The Morgan fingerprint density at radius 1 is 1.07 bits per heavy atom. The average molecular weight is 207 g/mol. The first-order valence-corrected chi connectivity index (χ1v) is 6.02. The molecule has 3 rings (SSSR count). The summed E-state index contributed by atoms with van der Waals surface area (Å²) in [4.78, 5) is 12.2. The van der Waals surface area contributed by atoms with Crippen LogP contribution in [0, 0.1) is 28.1 Å². The van der Waals surface area contributed by atoms with E-state index >= 15 is 0 Å². The quantitative estimate of drug-likeness (QED) is 0.648. The highest BCUT2D eigenvalue weighted by Crippen LogP contribution is 2.92. The molecule has 1 heterocycles. The van der Waals surface area contributed by atoms with Crippen molar-refractivity contribution in [3.05, 3.63) is 0 Å². The van der Waals surface area contributed by atoms with Gasteiger partial charge in [0.2, 0.25) is 5.91 Å². The summed E-state index contributed by atoms with van der Waals surface area (Å²) in [5.74, 6) is 1.48. The fourth-order valence-corrected chi connectivity index (χ4v) is 5.65. The van der Waals surface area contributed by atoms with E-state index in [1.54, 1.807) is 0 Å². The summed E-state index contributed by atoms with van der Waals surface area (Å²) in [6, 6.07) is 0. The molecule has 2 heteroatoms. The van der Waals surface area contributed by atoms with Gasteiger partial charge in [0.15, 0.2) is 0 Å². The lowest BCUT2D eigenvalue weighted by atomic mass is 9.73. The predicted molar refractivity (Wildman–Crippen MR) is 59.2 cm³/mol. The molecule has 0 aromatic heterocycles. The first-order valence-electron chi connectivity index (χ1n) is 6.02. The number of rotatable bonds is 0. The summed E-state index contributed by atoms with van der Waals surface area (Å²) in [5, 5.41) is 3.27. The summed E-state index contributed by atoms with van der Waals surface area (Å²) in [5.41, 5.74) is 0.243. The van der Waals surface area contributed by atoms with Crippen LogP contribution in [0.2, 0.25) is 0 Å². The van der Waals surface area contributed by atoms with E-state index in [4.69, 9.17) is 0 Å². The molecule has 0 radical (unpaired) electrons. The maximum absolute atomic E-state index is 12.2. The van der Waals surface area contributed by atoms with Gasteiger partial charge in [-0.05, 0) is 31.1 Å². The van der Waals surface area contributed by atoms with Crippen molar-refractivity contribution in [2.45, 2.75) is 47.1 Å². The number of hydrogen-bond donors (Lipinski definition) is 1. The van der Waals surface area contributed by atoms with E-state index in [1.807, 2.05) is 0 Å². The number of hydrogen-bond acceptors (Lipinski definition) is 1. The fourth-order valence-electron chi connectivity index (χ4n) is 5.65. The van der Waals surface area contributed by atoms with Gasteiger partial charge in [-0.2, -0.15) is 0 Å². The molecule has 2 saturated carbocycles. The smallest absolute Gasteiger partial charge is 0.227 e. The van der Waals surface area contributed by atoms with Crippen molar-refractivity contribution in [3.63, 3.8) is 0 Å². The fraction of sp³-hybridized carbons (Fsp3) is 0.923. The summed E-state index contributed by atoms with van der Waals surface area (Å²) < 4.78 is 0. The van der Waals surface area contributed by atoms with Gasteiger partial charge in [-0.1, -0.05) is 27.7 Å². The Kier molecular flexibility index (Phi) is 1.21. The maximum Gasteiger partial charge on any atom is 0.227 e. The van der Waals surface area contributed by atoms with E-state index in [2.05, 4.69) is 46.9 Å². The lowest BCUT2D eigenvalue weighted by molar-refractivity contribution is -0.126. The molecule has 0 aromatic rings. The zero-order chi connectivity index (χ0) is 11.4. The van der Waals surface area contributed by atoms with Gasteiger partial charge in [0.05, 0.1) is 5.41 Å². The first-order chi connectivity index (χ1) is 6.69. The van der Waals surface area contributed by atoms with Gasteiger partial charge in [0, 0.05) is 11.0 Å². The summed E-state index contributed by atoms with van der Waals surface area (Å²) in [6.45, 7) is 13.6. The molecule has 2 nitrogen and oxygen atoms in total. The molecule has 1 N–H and O–H groups in total. The Bertz CT molecular complexity index is 386. The van der Waals surface area contributed by atoms with Crippen LogP contribution in [0.5, 0.6) is 0 Å². The van der Waals surface area contributed by atoms with Crippen molar-refractivity contribution < 1.29 is 4.79 Å². The molecule has 3 fully saturated rings. The molecule has 1 amide bonds. The molecule has 1 aliphatic heterocycles. The van der Waals surface area contributed by atoms with Gasteiger partial charge in [0.1, 0.15) is 0 Å². The molecular formula is C13H21NO. The number of carbonyl (C=O) groups excluding carboxylic acids is 1. The number of piperidine rings is 1. The molecule has 0 spiro atoms. The van der Waals surface area contributed by atoms with Crippen molar-refractivity contribution in [3.8, 4) is 0 Å². The van der Waals surface area contributed by atoms with Crippen molar-refractivity contribution in [2.75, 3.05) is 0 Å². The van der Waals surface area contributed by atoms with E-state index in [1.165, 1.54) is 0 Å². The number of amides is 1.